The predicted molar refractivity (Wildman–Crippen MR) is 103 cm³/mol. The highest BCUT2D eigenvalue weighted by Crippen LogP contribution is 2.23. The van der Waals surface area contributed by atoms with Crippen molar-refractivity contribution in [2.75, 3.05) is 24.7 Å². The predicted octanol–water partition coefficient (Wildman–Crippen LogP) is 2.65. The van der Waals surface area contributed by atoms with Gasteiger partial charge in [-0.3, -0.25) is 9.10 Å². The number of carbonyl (C=O) groups excluding carboxylic acids is 1. The molecule has 0 N–H and O–H groups in total. The van der Waals surface area contributed by atoms with Crippen molar-refractivity contribution in [3.63, 3.8) is 0 Å². The molecule has 0 heterocycles. The first kappa shape index (κ1) is 20.7. The van der Waals surface area contributed by atoms with E-state index >= 15 is 0 Å². The third-order valence-corrected chi connectivity index (χ3v) is 5.37. The highest BCUT2D eigenvalue weighted by molar-refractivity contribution is 7.92. The highest BCUT2D eigenvalue weighted by Gasteiger charge is 2.31. The van der Waals surface area contributed by atoms with E-state index in [2.05, 4.69) is 0 Å². The van der Waals surface area contributed by atoms with E-state index in [4.69, 9.17) is 4.74 Å². The number of methoxy groups -OCH3 is 1. The summed E-state index contributed by atoms with van der Waals surface area (Å²) in [5.74, 6) is -0.238. The van der Waals surface area contributed by atoms with Crippen LogP contribution in [-0.2, 0) is 21.4 Å². The lowest BCUT2D eigenvalue weighted by Crippen LogP contribution is -2.48. The molecule has 0 aromatic heterocycles. The molecule has 0 saturated carbocycles. The number of likely N-dealkylation sites (N-methyl/N-ethyl adjacent to an activating group) is 1. The zero-order valence-corrected chi connectivity index (χ0v) is 16.5. The summed E-state index contributed by atoms with van der Waals surface area (Å²) in [4.78, 5) is 14.3. The Hall–Kier alpha value is -2.61. The van der Waals surface area contributed by atoms with Crippen LogP contribution in [0.15, 0.2) is 48.5 Å². The minimum atomic E-state index is -3.76. The maximum atomic E-state index is 13.2. The number of hydrogen-bond donors (Lipinski definition) is 0. The van der Waals surface area contributed by atoms with Gasteiger partial charge in [0.2, 0.25) is 15.9 Å². The number of amides is 1. The largest absolute Gasteiger partial charge is 0.496 e. The second kappa shape index (κ2) is 8.39. The third-order valence-electron chi connectivity index (χ3n) is 4.12. The fourth-order valence-electron chi connectivity index (χ4n) is 2.88. The zero-order valence-electron chi connectivity index (χ0n) is 15.7. The minimum Gasteiger partial charge on any atom is -0.496 e. The Bertz CT molecular complexity index is 900. The van der Waals surface area contributed by atoms with Crippen LogP contribution in [0.25, 0.3) is 0 Å². The van der Waals surface area contributed by atoms with Crippen molar-refractivity contribution < 1.29 is 22.3 Å². The first-order chi connectivity index (χ1) is 12.6. The summed E-state index contributed by atoms with van der Waals surface area (Å²) in [6, 6.07) is 11.3. The Kier molecular flexibility index (Phi) is 6.43. The maximum absolute atomic E-state index is 13.2. The van der Waals surface area contributed by atoms with Crippen LogP contribution in [-0.4, -0.2) is 45.7 Å². The van der Waals surface area contributed by atoms with Crippen molar-refractivity contribution in [1.29, 1.82) is 0 Å². The lowest BCUT2D eigenvalue weighted by Gasteiger charge is -2.31. The lowest BCUT2D eigenvalue weighted by atomic mass is 10.1. The maximum Gasteiger partial charge on any atom is 0.246 e. The first-order valence-corrected chi connectivity index (χ1v) is 10.1. The molecule has 0 spiro atoms. The molecule has 2 rings (SSSR count). The summed E-state index contributed by atoms with van der Waals surface area (Å²) >= 11 is 0. The van der Waals surface area contributed by atoms with Gasteiger partial charge in [0.15, 0.2) is 0 Å². The molecule has 6 nitrogen and oxygen atoms in total. The summed E-state index contributed by atoms with van der Waals surface area (Å²) in [5.41, 5.74) is 1.03. The average Bonchev–Trinajstić information content (AvgIpc) is 2.62. The lowest BCUT2D eigenvalue weighted by molar-refractivity contribution is -0.131. The molecule has 8 heteroatoms. The van der Waals surface area contributed by atoms with Crippen molar-refractivity contribution in [3.8, 4) is 5.75 Å². The van der Waals surface area contributed by atoms with Gasteiger partial charge < -0.3 is 9.64 Å². The molecular weight excluding hydrogens is 371 g/mol. The molecule has 2 aromatic carbocycles. The van der Waals surface area contributed by atoms with E-state index in [9.17, 15) is 17.6 Å². The van der Waals surface area contributed by atoms with Gasteiger partial charge in [0.25, 0.3) is 0 Å². The normalized spacial score (nSPS) is 12.3. The van der Waals surface area contributed by atoms with Crippen molar-refractivity contribution in [1.82, 2.24) is 4.90 Å². The fourth-order valence-corrected chi connectivity index (χ4v) is 4.05. The molecule has 146 valence electrons. The molecule has 27 heavy (non-hydrogen) atoms. The van der Waals surface area contributed by atoms with Crippen LogP contribution < -0.4 is 9.04 Å². The monoisotopic (exact) mass is 394 g/mol. The third kappa shape index (κ3) is 4.97. The second-order valence-electron chi connectivity index (χ2n) is 6.22. The van der Waals surface area contributed by atoms with E-state index < -0.39 is 27.8 Å². The minimum absolute atomic E-state index is 0.227. The fraction of sp³-hybridized carbons (Fsp3) is 0.316. The van der Waals surface area contributed by atoms with Gasteiger partial charge in [-0.1, -0.05) is 18.2 Å². The number of ether oxygens (including phenoxy) is 1. The number of rotatable bonds is 7. The van der Waals surface area contributed by atoms with Gasteiger partial charge in [-0.25, -0.2) is 12.8 Å². The SMILES string of the molecule is COc1ccccc1CN(C)C(=O)[C@H](C)N(c1ccc(F)cc1)S(C)(=O)=O. The van der Waals surface area contributed by atoms with E-state index in [1.54, 1.807) is 20.2 Å². The summed E-state index contributed by atoms with van der Waals surface area (Å²) in [6.45, 7) is 1.76. The molecule has 0 aliphatic rings. The van der Waals surface area contributed by atoms with Crippen LogP contribution >= 0.6 is 0 Å². The van der Waals surface area contributed by atoms with Crippen LogP contribution in [0.1, 0.15) is 12.5 Å². The highest BCUT2D eigenvalue weighted by atomic mass is 32.2. The summed E-state index contributed by atoms with van der Waals surface area (Å²) < 4.78 is 44.0. The molecule has 0 aliphatic heterocycles. The number of sulfonamides is 1. The smallest absolute Gasteiger partial charge is 0.246 e. The molecule has 1 amide bonds. The van der Waals surface area contributed by atoms with Crippen molar-refractivity contribution in [3.05, 3.63) is 59.9 Å². The van der Waals surface area contributed by atoms with E-state index in [1.807, 2.05) is 18.2 Å². The summed E-state index contributed by atoms with van der Waals surface area (Å²) in [6.07, 6.45) is 1.01. The molecule has 0 aliphatic carbocycles. The van der Waals surface area contributed by atoms with Gasteiger partial charge >= 0.3 is 0 Å². The van der Waals surface area contributed by atoms with Gasteiger partial charge in [0.1, 0.15) is 17.6 Å². The number of benzene rings is 2. The van der Waals surface area contributed by atoms with Gasteiger partial charge in [0.05, 0.1) is 19.1 Å². The van der Waals surface area contributed by atoms with E-state index in [-0.39, 0.29) is 12.2 Å². The van der Waals surface area contributed by atoms with Crippen molar-refractivity contribution in [2.45, 2.75) is 19.5 Å². The number of carbonyl (C=O) groups is 1. The van der Waals surface area contributed by atoms with Gasteiger partial charge in [-0.05, 0) is 37.3 Å². The van der Waals surface area contributed by atoms with Crippen LogP contribution in [0.4, 0.5) is 10.1 Å². The molecule has 0 radical (unpaired) electrons. The number of para-hydroxylation sites is 1. The molecule has 0 fully saturated rings. The second-order valence-corrected chi connectivity index (χ2v) is 8.08. The first-order valence-electron chi connectivity index (χ1n) is 8.27. The number of nitrogens with zero attached hydrogens (tertiary/aromatic N) is 2. The summed E-state index contributed by atoms with van der Waals surface area (Å²) in [7, 11) is -0.617. The van der Waals surface area contributed by atoms with Gasteiger partial charge in [0, 0.05) is 19.2 Å². The van der Waals surface area contributed by atoms with Crippen LogP contribution in [0.3, 0.4) is 0 Å². The molecular formula is C19H23FN2O4S. The Balaban J connectivity index is 2.27. The van der Waals surface area contributed by atoms with Gasteiger partial charge in [-0.15, -0.1) is 0 Å². The molecule has 0 bridgehead atoms. The standard InChI is InChI=1S/C19H23FN2O4S/c1-14(22(27(4,24)25)17-11-9-16(20)10-12-17)19(23)21(2)13-15-7-5-6-8-18(15)26-3/h5-12,14H,13H2,1-4H3/t14-/m0/s1. The van der Waals surface area contributed by atoms with Crippen molar-refractivity contribution in [2.24, 2.45) is 0 Å². The zero-order chi connectivity index (χ0) is 20.2. The van der Waals surface area contributed by atoms with E-state index in [0.717, 1.165) is 28.3 Å². The number of anilines is 1. The molecule has 0 saturated heterocycles. The molecule has 1 atom stereocenters. The Morgan fingerprint density at radius 3 is 2.30 bits per heavy atom. The van der Waals surface area contributed by atoms with Crippen LogP contribution in [0.5, 0.6) is 5.75 Å². The van der Waals surface area contributed by atoms with Crippen LogP contribution in [0, 0.1) is 5.82 Å². The topological polar surface area (TPSA) is 66.9 Å². The average molecular weight is 394 g/mol. The van der Waals surface area contributed by atoms with Gasteiger partial charge in [-0.2, -0.15) is 0 Å². The molecule has 2 aromatic rings. The molecule has 0 unspecified atom stereocenters. The number of halogens is 1. The Morgan fingerprint density at radius 2 is 1.74 bits per heavy atom. The van der Waals surface area contributed by atoms with Crippen molar-refractivity contribution >= 4 is 21.6 Å². The summed E-state index contributed by atoms with van der Waals surface area (Å²) in [5, 5.41) is 0. The Morgan fingerprint density at radius 1 is 1.15 bits per heavy atom. The number of hydrogen-bond acceptors (Lipinski definition) is 4. The Labute approximate surface area is 159 Å². The van der Waals surface area contributed by atoms with Crippen LogP contribution in [0.2, 0.25) is 0 Å². The quantitative estimate of drug-likeness (QED) is 0.724. The van der Waals surface area contributed by atoms with E-state index in [0.29, 0.717) is 5.75 Å². The van der Waals surface area contributed by atoms with E-state index in [1.165, 1.54) is 24.0 Å².